The minimum atomic E-state index is 0.598. The van der Waals surface area contributed by atoms with Crippen LogP contribution in [0.2, 0.25) is 0 Å². The molecular weight excluding hydrogens is 647 g/mol. The predicted octanol–water partition coefficient (Wildman–Crippen LogP) is 12.9. The lowest BCUT2D eigenvalue weighted by Gasteiger charge is -2.12. The van der Waals surface area contributed by atoms with Gasteiger partial charge in [-0.2, -0.15) is 0 Å². The average Bonchev–Trinajstić information content (AvgIpc) is 3.62. The molecule has 2 aromatic heterocycles. The number of hydrogen-bond acceptors (Lipinski definition) is 4. The van der Waals surface area contributed by atoms with Crippen LogP contribution in [-0.4, -0.2) is 15.0 Å². The summed E-state index contributed by atoms with van der Waals surface area (Å²) in [6.07, 6.45) is 0. The molecule has 0 fully saturated rings. The third-order valence-electron chi connectivity index (χ3n) is 9.96. The van der Waals surface area contributed by atoms with Crippen LogP contribution in [0.4, 0.5) is 0 Å². The molecule has 0 aliphatic heterocycles. The fourth-order valence-corrected chi connectivity index (χ4v) is 7.34. The Balaban J connectivity index is 1.17. The van der Waals surface area contributed by atoms with Crippen molar-refractivity contribution in [2.75, 3.05) is 0 Å². The lowest BCUT2D eigenvalue weighted by atomic mass is 9.95. The van der Waals surface area contributed by atoms with Gasteiger partial charge in [-0.15, -0.1) is 0 Å². The van der Waals surface area contributed by atoms with E-state index < -0.39 is 0 Å². The summed E-state index contributed by atoms with van der Waals surface area (Å²) in [5.41, 5.74) is 11.2. The number of aromatic nitrogens is 3. The van der Waals surface area contributed by atoms with Crippen LogP contribution in [0.1, 0.15) is 0 Å². The van der Waals surface area contributed by atoms with E-state index in [1.54, 1.807) is 0 Å². The molecule has 0 radical (unpaired) electrons. The maximum absolute atomic E-state index is 6.59. The van der Waals surface area contributed by atoms with E-state index in [1.807, 2.05) is 24.3 Å². The highest BCUT2D eigenvalue weighted by Crippen LogP contribution is 2.41. The zero-order chi connectivity index (χ0) is 35.1. The Labute approximate surface area is 306 Å². The molecule has 248 valence electrons. The van der Waals surface area contributed by atoms with E-state index in [2.05, 4.69) is 164 Å². The molecule has 4 nitrogen and oxygen atoms in total. The summed E-state index contributed by atoms with van der Waals surface area (Å²) in [6, 6.07) is 65.1. The van der Waals surface area contributed by atoms with Gasteiger partial charge in [0, 0.05) is 32.8 Å². The monoisotopic (exact) mass is 677 g/mol. The third-order valence-corrected chi connectivity index (χ3v) is 9.96. The van der Waals surface area contributed by atoms with Gasteiger partial charge in [-0.25, -0.2) is 15.0 Å². The lowest BCUT2D eigenvalue weighted by Crippen LogP contribution is -2.01. The van der Waals surface area contributed by atoms with Crippen molar-refractivity contribution >= 4 is 32.7 Å². The number of furan rings is 1. The van der Waals surface area contributed by atoms with Gasteiger partial charge in [0.25, 0.3) is 0 Å². The van der Waals surface area contributed by atoms with Gasteiger partial charge in [0.05, 0.1) is 0 Å². The van der Waals surface area contributed by atoms with Crippen LogP contribution in [0, 0.1) is 0 Å². The molecule has 0 aliphatic rings. The molecule has 0 N–H and O–H groups in total. The summed E-state index contributed by atoms with van der Waals surface area (Å²) in [5, 5.41) is 4.32. The molecule has 0 amide bonds. The van der Waals surface area contributed by atoms with Crippen LogP contribution in [0.15, 0.2) is 192 Å². The molecule has 0 saturated heterocycles. The van der Waals surface area contributed by atoms with Crippen LogP contribution >= 0.6 is 0 Å². The quantitative estimate of drug-likeness (QED) is 0.176. The first-order valence-corrected chi connectivity index (χ1v) is 17.8. The zero-order valence-corrected chi connectivity index (χ0v) is 28.6. The first kappa shape index (κ1) is 30.6. The van der Waals surface area contributed by atoms with Gasteiger partial charge < -0.3 is 4.42 Å². The average molecular weight is 678 g/mol. The van der Waals surface area contributed by atoms with E-state index in [9.17, 15) is 0 Å². The van der Waals surface area contributed by atoms with Crippen molar-refractivity contribution in [1.82, 2.24) is 15.0 Å². The summed E-state index contributed by atoms with van der Waals surface area (Å²) >= 11 is 0. The highest BCUT2D eigenvalue weighted by Gasteiger charge is 2.19. The third kappa shape index (κ3) is 5.54. The van der Waals surface area contributed by atoms with Crippen molar-refractivity contribution < 1.29 is 4.42 Å². The standard InChI is InChI=1S/C49H31N3O/c1-4-14-32(15-5-1)33-24-26-36(27-25-33)47-50-48(52-49(51-47)41-23-13-10-20-38(41)34-16-6-2-7-17-34)37-28-29-45-43(30-37)44-31-42(35-18-8-3-9-19-35)39-21-11-12-22-40(39)46(44)53-45/h1-31H. The smallest absolute Gasteiger partial charge is 0.164 e. The Kier molecular flexibility index (Phi) is 7.43. The van der Waals surface area contributed by atoms with E-state index in [1.165, 1.54) is 11.1 Å². The summed E-state index contributed by atoms with van der Waals surface area (Å²) < 4.78 is 6.59. The van der Waals surface area contributed by atoms with Crippen molar-refractivity contribution in [2.24, 2.45) is 0 Å². The zero-order valence-electron chi connectivity index (χ0n) is 28.6. The molecule has 2 heterocycles. The molecular formula is C49H31N3O. The lowest BCUT2D eigenvalue weighted by molar-refractivity contribution is 0.672. The second-order valence-electron chi connectivity index (χ2n) is 13.2. The summed E-state index contributed by atoms with van der Waals surface area (Å²) in [7, 11) is 0. The topological polar surface area (TPSA) is 51.8 Å². The van der Waals surface area contributed by atoms with Crippen molar-refractivity contribution in [3.63, 3.8) is 0 Å². The Morgan fingerprint density at radius 3 is 1.47 bits per heavy atom. The van der Waals surface area contributed by atoms with Crippen LogP contribution < -0.4 is 0 Å². The van der Waals surface area contributed by atoms with Crippen molar-refractivity contribution in [3.8, 4) is 67.5 Å². The minimum absolute atomic E-state index is 0.598. The van der Waals surface area contributed by atoms with Gasteiger partial charge in [0.15, 0.2) is 17.5 Å². The number of benzene rings is 8. The van der Waals surface area contributed by atoms with E-state index in [4.69, 9.17) is 19.4 Å². The molecule has 8 aromatic carbocycles. The minimum Gasteiger partial charge on any atom is -0.455 e. The van der Waals surface area contributed by atoms with Gasteiger partial charge in [-0.3, -0.25) is 0 Å². The van der Waals surface area contributed by atoms with Crippen molar-refractivity contribution in [3.05, 3.63) is 188 Å². The number of nitrogens with zero attached hydrogens (tertiary/aromatic N) is 3. The highest BCUT2D eigenvalue weighted by atomic mass is 16.3. The summed E-state index contributed by atoms with van der Waals surface area (Å²) in [6.45, 7) is 0. The molecule has 10 aromatic rings. The molecule has 4 heteroatoms. The van der Waals surface area contributed by atoms with Crippen LogP contribution in [0.25, 0.3) is 100 Å². The fraction of sp³-hybridized carbons (Fsp3) is 0. The Morgan fingerprint density at radius 2 is 0.774 bits per heavy atom. The molecule has 10 rings (SSSR count). The van der Waals surface area contributed by atoms with Crippen LogP contribution in [-0.2, 0) is 0 Å². The van der Waals surface area contributed by atoms with Gasteiger partial charge in [-0.05, 0) is 63.0 Å². The Morgan fingerprint density at radius 1 is 0.283 bits per heavy atom. The maximum Gasteiger partial charge on any atom is 0.164 e. The van der Waals surface area contributed by atoms with Gasteiger partial charge in [0.2, 0.25) is 0 Å². The molecule has 53 heavy (non-hydrogen) atoms. The van der Waals surface area contributed by atoms with Gasteiger partial charge >= 0.3 is 0 Å². The number of fused-ring (bicyclic) bond motifs is 5. The summed E-state index contributed by atoms with van der Waals surface area (Å²) in [5.74, 6) is 1.83. The normalized spacial score (nSPS) is 11.4. The van der Waals surface area contributed by atoms with E-state index in [0.717, 1.165) is 71.7 Å². The van der Waals surface area contributed by atoms with Crippen molar-refractivity contribution in [2.45, 2.75) is 0 Å². The first-order chi connectivity index (χ1) is 26.3. The molecule has 0 atom stereocenters. The molecule has 0 bridgehead atoms. The maximum atomic E-state index is 6.59. The van der Waals surface area contributed by atoms with Gasteiger partial charge in [0.1, 0.15) is 11.2 Å². The Bertz CT molecular complexity index is 2920. The second-order valence-corrected chi connectivity index (χ2v) is 13.2. The first-order valence-electron chi connectivity index (χ1n) is 17.8. The largest absolute Gasteiger partial charge is 0.455 e. The van der Waals surface area contributed by atoms with Crippen molar-refractivity contribution in [1.29, 1.82) is 0 Å². The number of rotatable bonds is 6. The fourth-order valence-electron chi connectivity index (χ4n) is 7.34. The van der Waals surface area contributed by atoms with E-state index in [-0.39, 0.29) is 0 Å². The molecule has 0 aliphatic carbocycles. The number of hydrogen-bond donors (Lipinski definition) is 0. The highest BCUT2D eigenvalue weighted by molar-refractivity contribution is 6.19. The SMILES string of the molecule is c1ccc(-c2ccc(-c3nc(-c4ccc5oc6c7ccccc7c(-c7ccccc7)cc6c5c4)nc(-c4ccccc4-c4ccccc4)n3)cc2)cc1. The van der Waals surface area contributed by atoms with E-state index in [0.29, 0.717) is 17.5 Å². The molecule has 0 saturated carbocycles. The van der Waals surface area contributed by atoms with Gasteiger partial charge in [-0.1, -0.05) is 164 Å². The van der Waals surface area contributed by atoms with E-state index >= 15 is 0 Å². The predicted molar refractivity (Wildman–Crippen MR) is 217 cm³/mol. The molecule has 0 spiro atoms. The molecule has 0 unspecified atom stereocenters. The second kappa shape index (κ2) is 12.9. The summed E-state index contributed by atoms with van der Waals surface area (Å²) in [4.78, 5) is 15.5. The van der Waals surface area contributed by atoms with Crippen LogP contribution in [0.5, 0.6) is 0 Å². The van der Waals surface area contributed by atoms with Crippen LogP contribution in [0.3, 0.4) is 0 Å². The Hall–Kier alpha value is -7.17.